The molecule has 2 aromatic heterocycles. The first-order valence-corrected chi connectivity index (χ1v) is 16.5. The lowest BCUT2D eigenvalue weighted by atomic mass is 10.0. The monoisotopic (exact) mass is 640 g/mol. The lowest BCUT2D eigenvalue weighted by Crippen LogP contribution is -2.32. The topological polar surface area (TPSA) is 108 Å². The van der Waals surface area contributed by atoms with Crippen LogP contribution >= 0.6 is 0 Å². The summed E-state index contributed by atoms with van der Waals surface area (Å²) in [5.41, 5.74) is 5.16. The summed E-state index contributed by atoms with van der Waals surface area (Å²) in [5, 5.41) is 10.7. The van der Waals surface area contributed by atoms with Crippen LogP contribution in [0.1, 0.15) is 71.2 Å². The van der Waals surface area contributed by atoms with Crippen LogP contribution in [0.2, 0.25) is 0 Å². The molecule has 1 fully saturated rings. The molecular formula is C40H44N6O2. The minimum Gasteiger partial charge on any atom is -0.444 e. The fourth-order valence-electron chi connectivity index (χ4n) is 5.89. The van der Waals surface area contributed by atoms with Crippen molar-refractivity contribution in [2.24, 2.45) is 11.8 Å². The second-order valence-electron chi connectivity index (χ2n) is 12.9. The highest BCUT2D eigenvalue weighted by atomic mass is 16.6. The smallest absolute Gasteiger partial charge is 0.408 e. The second kappa shape index (κ2) is 14.2. The zero-order valence-electron chi connectivity index (χ0n) is 28.8. The number of H-pyrrole nitrogens is 2. The number of hydrogen-bond donors (Lipinski definition) is 4. The standard InChI is InChI=1S/C36H36N6O2.C2H6.C2H2/c1-20-21(2)32(20)37-18-30-39-28-14-10-24-16-22(8-12-26(24)33(28)41-30)6-7-23-9-13-27-25(17-23)11-15-29-34(27)42-31(40-29)19-38-35(43)44-36(3,4)5;2*1-2/h8-17,20-21,32,37H,18-19H2,1-5H3,(H,38,43)(H,39,41)(H,40,42);1-2H3;1-2H/t20-,21?,32?;;/m1../s1. The molecule has 2 unspecified atom stereocenters. The van der Waals surface area contributed by atoms with Gasteiger partial charge in [-0.1, -0.05) is 63.8 Å². The number of fused-ring (bicyclic) bond motifs is 6. The zero-order chi connectivity index (χ0) is 34.6. The van der Waals surface area contributed by atoms with Crippen LogP contribution in [0, 0.1) is 36.5 Å². The molecule has 7 rings (SSSR count). The van der Waals surface area contributed by atoms with Crippen molar-refractivity contribution in [2.45, 2.75) is 73.2 Å². The summed E-state index contributed by atoms with van der Waals surface area (Å²) in [6, 6.07) is 21.4. The Labute approximate surface area is 282 Å². The molecule has 0 spiro atoms. The van der Waals surface area contributed by atoms with E-state index in [1.54, 1.807) is 0 Å². The molecule has 6 aromatic rings. The van der Waals surface area contributed by atoms with Crippen molar-refractivity contribution >= 4 is 49.7 Å². The molecule has 4 aromatic carbocycles. The molecule has 2 heterocycles. The number of nitrogens with zero attached hydrogens (tertiary/aromatic N) is 2. The van der Waals surface area contributed by atoms with E-state index >= 15 is 0 Å². The van der Waals surface area contributed by atoms with E-state index in [4.69, 9.17) is 14.7 Å². The maximum atomic E-state index is 12.0. The van der Waals surface area contributed by atoms with Crippen LogP contribution in [0.5, 0.6) is 0 Å². The van der Waals surface area contributed by atoms with Crippen LogP contribution in [0.25, 0.3) is 43.6 Å². The molecule has 0 bridgehead atoms. The van der Waals surface area contributed by atoms with E-state index in [0.717, 1.165) is 78.9 Å². The van der Waals surface area contributed by atoms with E-state index in [-0.39, 0.29) is 6.54 Å². The average molecular weight is 641 g/mol. The predicted molar refractivity (Wildman–Crippen MR) is 196 cm³/mol. The van der Waals surface area contributed by atoms with Gasteiger partial charge in [-0.05, 0) is 79.8 Å². The lowest BCUT2D eigenvalue weighted by molar-refractivity contribution is 0.0522. The lowest BCUT2D eigenvalue weighted by Gasteiger charge is -2.19. The predicted octanol–water partition coefficient (Wildman–Crippen LogP) is 8.19. The number of benzene rings is 4. The normalized spacial score (nSPS) is 16.7. The molecule has 1 amide bonds. The van der Waals surface area contributed by atoms with Crippen molar-refractivity contribution in [3.8, 4) is 24.7 Å². The number of nitrogens with one attached hydrogen (secondary N) is 4. The first kappa shape index (κ1) is 34.0. The van der Waals surface area contributed by atoms with Crippen molar-refractivity contribution < 1.29 is 9.53 Å². The third kappa shape index (κ3) is 7.46. The van der Waals surface area contributed by atoms with Crippen molar-refractivity contribution in [1.29, 1.82) is 0 Å². The van der Waals surface area contributed by atoms with Crippen molar-refractivity contribution in [3.05, 3.63) is 83.4 Å². The number of ether oxygens (including phenoxy) is 1. The van der Waals surface area contributed by atoms with Crippen LogP contribution in [0.4, 0.5) is 4.79 Å². The third-order valence-electron chi connectivity index (χ3n) is 8.51. The summed E-state index contributed by atoms with van der Waals surface area (Å²) in [6.45, 7) is 15.1. The van der Waals surface area contributed by atoms with Gasteiger partial charge in [-0.15, -0.1) is 12.8 Å². The number of carbonyl (C=O) groups excluding carboxylic acids is 1. The van der Waals surface area contributed by atoms with Crippen molar-refractivity contribution in [2.75, 3.05) is 0 Å². The van der Waals surface area contributed by atoms with Gasteiger partial charge in [0.15, 0.2) is 0 Å². The number of amides is 1. The fourth-order valence-corrected chi connectivity index (χ4v) is 5.89. The number of terminal acetylenes is 1. The fraction of sp³-hybridized carbons (Fsp3) is 0.325. The number of rotatable bonds is 5. The van der Waals surface area contributed by atoms with Crippen molar-refractivity contribution in [3.63, 3.8) is 0 Å². The number of carbonyl (C=O) groups is 1. The minimum atomic E-state index is -0.551. The highest BCUT2D eigenvalue weighted by Crippen LogP contribution is 2.37. The molecule has 1 aliphatic carbocycles. The quantitative estimate of drug-likeness (QED) is 0.142. The van der Waals surface area contributed by atoms with Gasteiger partial charge in [-0.2, -0.15) is 0 Å². The van der Waals surface area contributed by atoms with Gasteiger partial charge in [0.25, 0.3) is 0 Å². The molecular weight excluding hydrogens is 596 g/mol. The Morgan fingerprint density at radius 1 is 0.792 bits per heavy atom. The number of aromatic amines is 2. The Bertz CT molecular complexity index is 2160. The summed E-state index contributed by atoms with van der Waals surface area (Å²) < 4.78 is 5.32. The van der Waals surface area contributed by atoms with E-state index in [0.29, 0.717) is 11.9 Å². The van der Waals surface area contributed by atoms with E-state index in [9.17, 15) is 4.79 Å². The Hall–Kier alpha value is -5.31. The second-order valence-corrected chi connectivity index (χ2v) is 12.9. The molecule has 3 atom stereocenters. The van der Waals surface area contributed by atoms with Gasteiger partial charge in [-0.25, -0.2) is 14.8 Å². The van der Waals surface area contributed by atoms with Crippen LogP contribution in [0.15, 0.2) is 60.7 Å². The zero-order valence-corrected chi connectivity index (χ0v) is 28.8. The third-order valence-corrected chi connectivity index (χ3v) is 8.51. The van der Waals surface area contributed by atoms with E-state index in [2.05, 4.69) is 108 Å². The van der Waals surface area contributed by atoms with Gasteiger partial charge >= 0.3 is 6.09 Å². The maximum absolute atomic E-state index is 12.0. The largest absolute Gasteiger partial charge is 0.444 e. The molecule has 1 aliphatic rings. The van der Waals surface area contributed by atoms with Gasteiger partial charge in [0.05, 0.1) is 35.2 Å². The number of hydrogen-bond acceptors (Lipinski definition) is 5. The van der Waals surface area contributed by atoms with Gasteiger partial charge in [0.1, 0.15) is 17.2 Å². The first-order valence-electron chi connectivity index (χ1n) is 16.5. The first-order chi connectivity index (χ1) is 23.1. The molecule has 48 heavy (non-hydrogen) atoms. The average Bonchev–Trinajstić information content (AvgIpc) is 3.42. The number of imidazole rings is 2. The van der Waals surface area contributed by atoms with Crippen LogP contribution in [0.3, 0.4) is 0 Å². The molecule has 8 heteroatoms. The van der Waals surface area contributed by atoms with E-state index in [1.165, 1.54) is 0 Å². The summed E-state index contributed by atoms with van der Waals surface area (Å²) in [6.07, 6.45) is 7.53. The SMILES string of the molecule is C#C.CC.CC1C(NCc2nc3c(ccc4cc(C#Cc5ccc6c(ccc7[nH]c(CNC(=O)OC(C)(C)C)nc76)c5)ccc43)[nH]2)[C@@H]1C. The van der Waals surface area contributed by atoms with Crippen LogP contribution < -0.4 is 10.6 Å². The molecule has 1 saturated carbocycles. The maximum Gasteiger partial charge on any atom is 0.408 e. The number of aromatic nitrogens is 4. The summed E-state index contributed by atoms with van der Waals surface area (Å²) in [7, 11) is 0. The highest BCUT2D eigenvalue weighted by molar-refractivity contribution is 6.05. The molecule has 0 radical (unpaired) electrons. The highest BCUT2D eigenvalue weighted by Gasteiger charge is 2.42. The van der Waals surface area contributed by atoms with Gasteiger partial charge < -0.3 is 25.3 Å². The molecule has 0 saturated heterocycles. The van der Waals surface area contributed by atoms with E-state index < -0.39 is 11.7 Å². The van der Waals surface area contributed by atoms with E-state index in [1.807, 2.05) is 46.8 Å². The Morgan fingerprint density at radius 3 is 1.73 bits per heavy atom. The molecule has 4 N–H and O–H groups in total. The van der Waals surface area contributed by atoms with Gasteiger partial charge in [0.2, 0.25) is 0 Å². The minimum absolute atomic E-state index is 0.254. The Kier molecular flexibility index (Phi) is 10.1. The Balaban J connectivity index is 0.00000109. The molecule has 8 nitrogen and oxygen atoms in total. The Morgan fingerprint density at radius 2 is 1.27 bits per heavy atom. The summed E-state index contributed by atoms with van der Waals surface area (Å²) in [5.74, 6) is 9.78. The number of alkyl carbamates (subject to hydrolysis) is 1. The van der Waals surface area contributed by atoms with Crippen LogP contribution in [-0.4, -0.2) is 37.7 Å². The van der Waals surface area contributed by atoms with Crippen LogP contribution in [-0.2, 0) is 17.8 Å². The van der Waals surface area contributed by atoms with Gasteiger partial charge in [-0.3, -0.25) is 0 Å². The van der Waals surface area contributed by atoms with Gasteiger partial charge in [0, 0.05) is 27.9 Å². The molecule has 0 aliphatic heterocycles. The molecule has 246 valence electrons. The summed E-state index contributed by atoms with van der Waals surface area (Å²) >= 11 is 0. The summed E-state index contributed by atoms with van der Waals surface area (Å²) in [4.78, 5) is 28.5. The van der Waals surface area contributed by atoms with Crippen molar-refractivity contribution in [1.82, 2.24) is 30.6 Å².